The molecule has 0 aliphatic carbocycles. The number of carbonyl (C=O) groups is 2. The van der Waals surface area contributed by atoms with E-state index >= 15 is 0 Å². The zero-order valence-corrected chi connectivity index (χ0v) is 24.6. The van der Waals surface area contributed by atoms with Crippen LogP contribution in [0.1, 0.15) is 29.7 Å². The fourth-order valence-electron chi connectivity index (χ4n) is 5.36. The minimum atomic E-state index is -0.833. The van der Waals surface area contributed by atoms with Crippen molar-refractivity contribution in [3.63, 3.8) is 0 Å². The SMILES string of the molecule is Cc1cc(F)ccc1N1CCN(C(=O)N[C@@H](C(=O)Nc2nc(CN(C)C)cs2)[C@H](C)c2c[nH]c3ccccc23)CC1. The lowest BCUT2D eigenvalue weighted by Crippen LogP contribution is -2.56. The van der Waals surface area contributed by atoms with E-state index < -0.39 is 6.04 Å². The van der Waals surface area contributed by atoms with Gasteiger partial charge in [0.05, 0.1) is 5.69 Å². The van der Waals surface area contributed by atoms with Gasteiger partial charge < -0.3 is 30.3 Å². The summed E-state index contributed by atoms with van der Waals surface area (Å²) in [4.78, 5) is 41.0. The number of hydrogen-bond acceptors (Lipinski definition) is 6. The Labute approximate surface area is 243 Å². The van der Waals surface area contributed by atoms with E-state index in [1.807, 2.05) is 68.7 Å². The molecule has 1 aliphatic rings. The molecule has 0 unspecified atom stereocenters. The number of nitrogens with one attached hydrogen (secondary N) is 3. The van der Waals surface area contributed by atoms with Crippen molar-refractivity contribution in [2.45, 2.75) is 32.4 Å². The van der Waals surface area contributed by atoms with Gasteiger partial charge in [0.2, 0.25) is 5.91 Å². The number of carbonyl (C=O) groups excluding carboxylic acids is 2. The molecule has 0 radical (unpaired) electrons. The van der Waals surface area contributed by atoms with Crippen molar-refractivity contribution in [1.29, 1.82) is 0 Å². The minimum Gasteiger partial charge on any atom is -0.368 e. The van der Waals surface area contributed by atoms with Gasteiger partial charge in [0.15, 0.2) is 5.13 Å². The van der Waals surface area contributed by atoms with Crippen LogP contribution in [0.4, 0.5) is 20.0 Å². The van der Waals surface area contributed by atoms with E-state index in [1.165, 1.54) is 23.5 Å². The molecule has 41 heavy (non-hydrogen) atoms. The summed E-state index contributed by atoms with van der Waals surface area (Å²) in [7, 11) is 3.93. The molecule has 9 nitrogen and oxygen atoms in total. The van der Waals surface area contributed by atoms with Gasteiger partial charge >= 0.3 is 6.03 Å². The first-order valence-electron chi connectivity index (χ1n) is 13.7. The number of aromatic nitrogens is 2. The lowest BCUT2D eigenvalue weighted by molar-refractivity contribution is -0.118. The van der Waals surface area contributed by atoms with Crippen LogP contribution in [0.3, 0.4) is 0 Å². The molecule has 3 amide bonds. The summed E-state index contributed by atoms with van der Waals surface area (Å²) < 4.78 is 13.6. The maximum Gasteiger partial charge on any atom is 0.318 e. The van der Waals surface area contributed by atoms with Gasteiger partial charge in [-0.05, 0) is 56.4 Å². The van der Waals surface area contributed by atoms with E-state index in [2.05, 4.69) is 25.5 Å². The zero-order valence-electron chi connectivity index (χ0n) is 23.8. The minimum absolute atomic E-state index is 0.260. The number of halogens is 1. The van der Waals surface area contributed by atoms with Crippen molar-refractivity contribution in [2.24, 2.45) is 0 Å². The summed E-state index contributed by atoms with van der Waals surface area (Å²) in [5.74, 6) is -0.897. The quantitative estimate of drug-likeness (QED) is 0.280. The molecule has 5 rings (SSSR count). The number of piperazine rings is 1. The van der Waals surface area contributed by atoms with Crippen molar-refractivity contribution in [1.82, 2.24) is 25.1 Å². The molecule has 4 aromatic rings. The van der Waals surface area contributed by atoms with Crippen LogP contribution in [0.25, 0.3) is 10.9 Å². The molecule has 2 aromatic heterocycles. The van der Waals surface area contributed by atoms with E-state index in [9.17, 15) is 14.0 Å². The number of hydrogen-bond donors (Lipinski definition) is 3. The highest BCUT2D eigenvalue weighted by Gasteiger charge is 2.32. The number of thiazole rings is 1. The number of aryl methyl sites for hydroxylation is 1. The van der Waals surface area contributed by atoms with E-state index in [1.54, 1.807) is 11.0 Å². The number of amides is 3. The highest BCUT2D eigenvalue weighted by Crippen LogP contribution is 2.29. The Hall–Kier alpha value is -3.96. The molecule has 3 N–H and O–H groups in total. The van der Waals surface area contributed by atoms with Crippen molar-refractivity contribution < 1.29 is 14.0 Å². The molecule has 2 atom stereocenters. The zero-order chi connectivity index (χ0) is 29.1. The normalized spacial score (nSPS) is 15.3. The van der Waals surface area contributed by atoms with Crippen molar-refractivity contribution in [3.8, 4) is 0 Å². The lowest BCUT2D eigenvalue weighted by Gasteiger charge is -2.37. The standard InChI is InChI=1S/C30H36FN7O2S/c1-19-15-21(31)9-10-26(19)37-11-13-38(14-12-37)30(40)34-27(20(2)24-16-32-25-8-6-5-7-23(24)25)28(39)35-29-33-22(18-41-29)17-36(3)4/h5-10,15-16,18,20,27,32H,11-14,17H2,1-4H3,(H,34,40)(H,33,35,39)/t20-,27-/m1/s1. The number of benzene rings is 2. The van der Waals surface area contributed by atoms with Crippen LogP contribution in [0.2, 0.25) is 0 Å². The molecule has 1 aliphatic heterocycles. The second-order valence-corrected chi connectivity index (χ2v) is 11.6. The van der Waals surface area contributed by atoms with Crippen LogP contribution >= 0.6 is 11.3 Å². The largest absolute Gasteiger partial charge is 0.368 e. The summed E-state index contributed by atoms with van der Waals surface area (Å²) in [5.41, 5.74) is 4.62. The van der Waals surface area contributed by atoms with Crippen LogP contribution in [0.5, 0.6) is 0 Å². The smallest absolute Gasteiger partial charge is 0.318 e. The van der Waals surface area contributed by atoms with Crippen LogP contribution in [0, 0.1) is 12.7 Å². The molecule has 216 valence electrons. The van der Waals surface area contributed by atoms with Gasteiger partial charge in [-0.25, -0.2) is 14.2 Å². The third kappa shape index (κ3) is 6.52. The number of para-hydroxylation sites is 1. The molecular weight excluding hydrogens is 541 g/mol. The van der Waals surface area contributed by atoms with Crippen molar-refractivity contribution in [2.75, 3.05) is 50.5 Å². The number of anilines is 2. The maximum absolute atomic E-state index is 13.7. The van der Waals surface area contributed by atoms with Crippen LogP contribution < -0.4 is 15.5 Å². The van der Waals surface area contributed by atoms with Crippen LogP contribution in [-0.4, -0.2) is 78.0 Å². The Morgan fingerprint density at radius 1 is 1.15 bits per heavy atom. The highest BCUT2D eigenvalue weighted by atomic mass is 32.1. The number of fused-ring (bicyclic) bond motifs is 1. The van der Waals surface area contributed by atoms with Gasteiger partial charge in [0.25, 0.3) is 0 Å². The molecule has 2 aromatic carbocycles. The topological polar surface area (TPSA) is 96.6 Å². The molecule has 1 fully saturated rings. The van der Waals surface area contributed by atoms with Gasteiger partial charge in [0.1, 0.15) is 11.9 Å². The molecule has 3 heterocycles. The third-order valence-electron chi connectivity index (χ3n) is 7.50. The number of H-pyrrole nitrogens is 1. The van der Waals surface area contributed by atoms with E-state index in [4.69, 9.17) is 0 Å². The number of rotatable bonds is 8. The van der Waals surface area contributed by atoms with Gasteiger partial charge in [-0.3, -0.25) is 4.79 Å². The van der Waals surface area contributed by atoms with E-state index in [0.29, 0.717) is 37.9 Å². The average Bonchev–Trinajstić information content (AvgIpc) is 3.57. The lowest BCUT2D eigenvalue weighted by atomic mass is 9.92. The van der Waals surface area contributed by atoms with Gasteiger partial charge in [-0.1, -0.05) is 25.1 Å². The Morgan fingerprint density at radius 2 is 1.90 bits per heavy atom. The Morgan fingerprint density at radius 3 is 2.63 bits per heavy atom. The Kier molecular flexibility index (Phi) is 8.55. The number of nitrogens with zero attached hydrogens (tertiary/aromatic N) is 4. The predicted octanol–water partition coefficient (Wildman–Crippen LogP) is 4.78. The maximum atomic E-state index is 13.7. The molecule has 11 heteroatoms. The first-order chi connectivity index (χ1) is 19.7. The summed E-state index contributed by atoms with van der Waals surface area (Å²) in [6.45, 7) is 6.71. The predicted molar refractivity (Wildman–Crippen MR) is 162 cm³/mol. The monoisotopic (exact) mass is 577 g/mol. The van der Waals surface area contributed by atoms with Gasteiger partial charge in [-0.2, -0.15) is 0 Å². The average molecular weight is 578 g/mol. The van der Waals surface area contributed by atoms with Gasteiger partial charge in [0, 0.05) is 66.8 Å². The first kappa shape index (κ1) is 28.6. The van der Waals surface area contributed by atoms with Gasteiger partial charge in [-0.15, -0.1) is 11.3 Å². The van der Waals surface area contributed by atoms with Crippen molar-refractivity contribution >= 4 is 45.0 Å². The fourth-order valence-corrected chi connectivity index (χ4v) is 6.06. The Bertz CT molecular complexity index is 1530. The number of aromatic amines is 1. The highest BCUT2D eigenvalue weighted by molar-refractivity contribution is 7.13. The van der Waals surface area contributed by atoms with Crippen LogP contribution in [0.15, 0.2) is 54.0 Å². The van der Waals surface area contributed by atoms with E-state index in [-0.39, 0.29) is 23.7 Å². The summed E-state index contributed by atoms with van der Waals surface area (Å²) in [5, 5.41) is 9.41. The Balaban J connectivity index is 1.32. The molecule has 0 spiro atoms. The fraction of sp³-hybridized carbons (Fsp3) is 0.367. The summed E-state index contributed by atoms with van der Waals surface area (Å²) in [6.07, 6.45) is 1.91. The van der Waals surface area contributed by atoms with E-state index in [0.717, 1.165) is 33.4 Å². The third-order valence-corrected chi connectivity index (χ3v) is 8.31. The summed E-state index contributed by atoms with van der Waals surface area (Å²) in [6, 6.07) is 11.6. The summed E-state index contributed by atoms with van der Waals surface area (Å²) >= 11 is 1.37. The first-order valence-corrected chi connectivity index (χ1v) is 14.6. The van der Waals surface area contributed by atoms with Crippen LogP contribution in [-0.2, 0) is 11.3 Å². The van der Waals surface area contributed by atoms with Crippen molar-refractivity contribution in [3.05, 3.63) is 76.7 Å². The second kappa shape index (κ2) is 12.3. The molecule has 0 bridgehead atoms. The number of urea groups is 1. The second-order valence-electron chi connectivity index (χ2n) is 10.8. The molecule has 1 saturated heterocycles. The molecular formula is C30H36FN7O2S. The molecule has 0 saturated carbocycles.